The minimum absolute atomic E-state index is 0.0320. The number of carbonyl (C=O) groups excluding carboxylic acids is 2. The molecule has 2 amide bonds. The summed E-state index contributed by atoms with van der Waals surface area (Å²) in [6, 6.07) is 8.97. The molecule has 0 bridgehead atoms. The number of benzene rings is 1. The number of nitrogens with one attached hydrogen (secondary N) is 2. The highest BCUT2D eigenvalue weighted by molar-refractivity contribution is 6.46. The first-order valence-electron chi connectivity index (χ1n) is 8.01. The fourth-order valence-corrected chi connectivity index (χ4v) is 2.60. The molecule has 0 spiro atoms. The van der Waals surface area contributed by atoms with Gasteiger partial charge in [0.15, 0.2) is 17.6 Å². The third kappa shape index (κ3) is 3.45. The Morgan fingerprint density at radius 3 is 3.11 bits per heavy atom. The summed E-state index contributed by atoms with van der Waals surface area (Å²) in [7, 11) is 1.58. The number of aromatic nitrogens is 1. The lowest BCUT2D eigenvalue weighted by molar-refractivity contribution is -0.119. The first-order valence-corrected chi connectivity index (χ1v) is 8.01. The number of hydrogen-bond donors (Lipinski definition) is 2. The van der Waals surface area contributed by atoms with E-state index in [0.717, 1.165) is 5.56 Å². The first-order chi connectivity index (χ1) is 13.1. The molecule has 0 saturated carbocycles. The summed E-state index contributed by atoms with van der Waals surface area (Å²) < 4.78 is 10.5. The van der Waals surface area contributed by atoms with Crippen LogP contribution < -0.4 is 15.4 Å². The van der Waals surface area contributed by atoms with E-state index in [1.165, 1.54) is 6.34 Å². The molecule has 2 aliphatic rings. The van der Waals surface area contributed by atoms with Gasteiger partial charge in [0, 0.05) is 11.6 Å². The lowest BCUT2D eigenvalue weighted by Crippen LogP contribution is -2.52. The fraction of sp³-hybridized carbons (Fsp3) is 0.176. The zero-order valence-corrected chi connectivity index (χ0v) is 14.2. The van der Waals surface area contributed by atoms with E-state index < -0.39 is 18.0 Å². The van der Waals surface area contributed by atoms with Gasteiger partial charge >= 0.3 is 0 Å². The van der Waals surface area contributed by atoms with Crippen LogP contribution in [0.1, 0.15) is 5.69 Å². The molecular formula is C17H14N6O4. The number of carbonyl (C=O) groups is 2. The van der Waals surface area contributed by atoms with Gasteiger partial charge in [0.2, 0.25) is 11.9 Å². The van der Waals surface area contributed by atoms with E-state index in [4.69, 9.17) is 9.26 Å². The van der Waals surface area contributed by atoms with Crippen molar-refractivity contribution in [3.8, 4) is 17.1 Å². The first kappa shape index (κ1) is 16.6. The summed E-state index contributed by atoms with van der Waals surface area (Å²) in [5.74, 6) is 0.392. The van der Waals surface area contributed by atoms with E-state index >= 15 is 0 Å². The summed E-state index contributed by atoms with van der Waals surface area (Å²) in [5.41, 5.74) is 1.42. The van der Waals surface area contributed by atoms with Crippen LogP contribution in [0, 0.1) is 0 Å². The van der Waals surface area contributed by atoms with Crippen molar-refractivity contribution in [2.45, 2.75) is 12.6 Å². The van der Waals surface area contributed by atoms with Gasteiger partial charge in [0.05, 0.1) is 19.2 Å². The van der Waals surface area contributed by atoms with Crippen molar-refractivity contribution in [2.75, 3.05) is 7.11 Å². The van der Waals surface area contributed by atoms with E-state index in [2.05, 4.69) is 30.8 Å². The largest absolute Gasteiger partial charge is 0.497 e. The Hall–Kier alpha value is -3.82. The van der Waals surface area contributed by atoms with Gasteiger partial charge in [-0.3, -0.25) is 20.2 Å². The molecule has 1 aromatic heterocycles. The average molecular weight is 366 g/mol. The molecule has 0 radical (unpaired) electrons. The molecule has 0 aliphatic carbocycles. The van der Waals surface area contributed by atoms with Crippen molar-refractivity contribution in [1.29, 1.82) is 0 Å². The maximum atomic E-state index is 12.2. The summed E-state index contributed by atoms with van der Waals surface area (Å²) in [6.07, 6.45) is 0.515. The number of fused-ring (bicyclic) bond motifs is 1. The average Bonchev–Trinajstić information content (AvgIpc) is 3.31. The third-order valence-corrected chi connectivity index (χ3v) is 3.88. The normalized spacial score (nSPS) is 17.7. The number of ether oxygens (including phenoxy) is 1. The quantitative estimate of drug-likeness (QED) is 0.804. The predicted molar refractivity (Wildman–Crippen MR) is 95.6 cm³/mol. The molecular weight excluding hydrogens is 352 g/mol. The Kier molecular flexibility index (Phi) is 4.21. The number of guanidine groups is 1. The zero-order chi connectivity index (χ0) is 18.8. The van der Waals surface area contributed by atoms with Crippen molar-refractivity contribution in [2.24, 2.45) is 15.0 Å². The minimum atomic E-state index is -0.708. The van der Waals surface area contributed by atoms with E-state index in [9.17, 15) is 9.59 Å². The standard InChI is InChI=1S/C17H14N6O4/c1-26-11-4-2-3-9(5-11)12-6-10(23-27-12)7-13(24)20-17-21-15-14(16(25)22-17)18-8-19-15/h2-6,8,15H,7H2,1H3,(H2,20,21,22,24,25). The fourth-order valence-electron chi connectivity index (χ4n) is 2.60. The van der Waals surface area contributed by atoms with Crippen LogP contribution in [0.25, 0.3) is 11.3 Å². The molecule has 27 heavy (non-hydrogen) atoms. The van der Waals surface area contributed by atoms with Crippen LogP contribution in [0.5, 0.6) is 5.75 Å². The number of aliphatic imine (C=N–C) groups is 3. The minimum Gasteiger partial charge on any atom is -0.497 e. The Bertz CT molecular complexity index is 1010. The lowest BCUT2D eigenvalue weighted by Gasteiger charge is -2.17. The van der Waals surface area contributed by atoms with Gasteiger partial charge in [-0.05, 0) is 12.1 Å². The summed E-state index contributed by atoms with van der Waals surface area (Å²) in [5, 5.41) is 8.89. The highest BCUT2D eigenvalue weighted by atomic mass is 16.5. The smallest absolute Gasteiger partial charge is 0.276 e. The van der Waals surface area contributed by atoms with Crippen LogP contribution in [0.15, 0.2) is 49.8 Å². The summed E-state index contributed by atoms with van der Waals surface area (Å²) >= 11 is 0. The Balaban J connectivity index is 1.42. The van der Waals surface area contributed by atoms with Crippen molar-refractivity contribution in [3.63, 3.8) is 0 Å². The summed E-state index contributed by atoms with van der Waals surface area (Å²) in [6.45, 7) is 0. The molecule has 0 saturated heterocycles. The van der Waals surface area contributed by atoms with Gasteiger partial charge in [-0.15, -0.1) is 0 Å². The molecule has 2 aromatic rings. The Morgan fingerprint density at radius 1 is 1.37 bits per heavy atom. The van der Waals surface area contributed by atoms with Crippen molar-refractivity contribution in [3.05, 3.63) is 36.0 Å². The van der Waals surface area contributed by atoms with E-state index in [0.29, 0.717) is 17.2 Å². The van der Waals surface area contributed by atoms with Gasteiger partial charge in [-0.25, -0.2) is 15.0 Å². The van der Waals surface area contributed by atoms with E-state index in [1.54, 1.807) is 19.2 Å². The van der Waals surface area contributed by atoms with Crippen LogP contribution in [0.3, 0.4) is 0 Å². The van der Waals surface area contributed by atoms with Crippen LogP contribution in [-0.4, -0.2) is 48.3 Å². The van der Waals surface area contributed by atoms with Crippen molar-refractivity contribution in [1.82, 2.24) is 15.8 Å². The van der Waals surface area contributed by atoms with Gasteiger partial charge in [0.25, 0.3) is 5.91 Å². The lowest BCUT2D eigenvalue weighted by atomic mass is 10.1. The van der Waals surface area contributed by atoms with E-state index in [1.807, 2.05) is 18.2 Å². The Labute approximate surface area is 153 Å². The molecule has 1 aromatic carbocycles. The van der Waals surface area contributed by atoms with Gasteiger partial charge in [-0.1, -0.05) is 17.3 Å². The third-order valence-electron chi connectivity index (χ3n) is 3.88. The molecule has 2 aliphatic heterocycles. The maximum Gasteiger partial charge on any atom is 0.276 e. The molecule has 10 nitrogen and oxygen atoms in total. The van der Waals surface area contributed by atoms with E-state index in [-0.39, 0.29) is 18.1 Å². The van der Waals surface area contributed by atoms with Gasteiger partial charge in [-0.2, -0.15) is 0 Å². The van der Waals surface area contributed by atoms with Gasteiger partial charge < -0.3 is 9.26 Å². The molecule has 1 atom stereocenters. The highest BCUT2D eigenvalue weighted by Gasteiger charge is 2.31. The molecule has 3 heterocycles. The molecule has 10 heteroatoms. The molecule has 0 fully saturated rings. The van der Waals surface area contributed by atoms with Crippen LogP contribution in [0.2, 0.25) is 0 Å². The molecule has 136 valence electrons. The predicted octanol–water partition coefficient (Wildman–Crippen LogP) is 0.304. The van der Waals surface area contributed by atoms with Crippen LogP contribution in [0.4, 0.5) is 0 Å². The highest BCUT2D eigenvalue weighted by Crippen LogP contribution is 2.24. The topological polar surface area (TPSA) is 131 Å². The Morgan fingerprint density at radius 2 is 2.26 bits per heavy atom. The van der Waals surface area contributed by atoms with Crippen molar-refractivity contribution >= 4 is 29.8 Å². The van der Waals surface area contributed by atoms with Crippen molar-refractivity contribution < 1.29 is 18.8 Å². The van der Waals surface area contributed by atoms with Crippen LogP contribution in [-0.2, 0) is 16.0 Å². The molecule has 2 N–H and O–H groups in total. The monoisotopic (exact) mass is 366 g/mol. The second-order valence-electron chi connectivity index (χ2n) is 5.72. The number of amides is 2. The SMILES string of the molecule is COc1cccc(-c2cc(CC(=O)NC3=NC4N=CN=C4C(=O)N3)no2)c1. The van der Waals surface area contributed by atoms with Crippen LogP contribution >= 0.6 is 0 Å². The number of rotatable bonds is 4. The number of nitrogens with zero attached hydrogens (tertiary/aromatic N) is 4. The van der Waals surface area contributed by atoms with Gasteiger partial charge in [0.1, 0.15) is 12.1 Å². The number of hydrogen-bond acceptors (Lipinski definition) is 8. The summed E-state index contributed by atoms with van der Waals surface area (Å²) in [4.78, 5) is 35.9. The zero-order valence-electron chi connectivity index (χ0n) is 14.2. The number of methoxy groups -OCH3 is 1. The molecule has 4 rings (SSSR count). The maximum absolute atomic E-state index is 12.2. The second kappa shape index (κ2) is 6.83. The molecule has 1 unspecified atom stereocenters. The second-order valence-corrected chi connectivity index (χ2v) is 5.72.